The fraction of sp³-hybridized carbons (Fsp3) is 0.588. The minimum Gasteiger partial charge on any atom is -0.308 e. The summed E-state index contributed by atoms with van der Waals surface area (Å²) in [6.45, 7) is 12.7. The number of rotatable bonds is 4. The first-order valence-corrected chi connectivity index (χ1v) is 9.52. The molecule has 2 amide bonds. The van der Waals surface area contributed by atoms with E-state index in [9.17, 15) is 9.36 Å². The maximum absolute atomic E-state index is 11.8. The Kier molecular flexibility index (Phi) is 6.26. The van der Waals surface area contributed by atoms with Gasteiger partial charge in [0.15, 0.2) is 0 Å². The lowest BCUT2D eigenvalue weighted by Crippen LogP contribution is -2.27. The summed E-state index contributed by atoms with van der Waals surface area (Å²) in [4.78, 5) is 29.6. The van der Waals surface area contributed by atoms with Crippen molar-refractivity contribution in [2.75, 3.05) is 5.32 Å². The zero-order valence-electron chi connectivity index (χ0n) is 15.3. The third-order valence-corrected chi connectivity index (χ3v) is 3.62. The van der Waals surface area contributed by atoms with Gasteiger partial charge in [0, 0.05) is 5.69 Å². The zero-order valence-corrected chi connectivity index (χ0v) is 16.2. The third kappa shape index (κ3) is 8.48. The van der Waals surface area contributed by atoms with E-state index >= 15 is 0 Å². The Morgan fingerprint density at radius 3 is 2.04 bits per heavy atom. The van der Waals surface area contributed by atoms with E-state index in [1.54, 1.807) is 5.09 Å². The van der Waals surface area contributed by atoms with Gasteiger partial charge in [-0.15, -0.1) is 0 Å². The highest BCUT2D eigenvalue weighted by molar-refractivity contribution is 7.50. The molecule has 6 nitrogen and oxygen atoms in total. The number of hydrogen-bond acceptors (Lipinski definition) is 2. The van der Waals surface area contributed by atoms with Gasteiger partial charge in [-0.2, -0.15) is 0 Å². The van der Waals surface area contributed by atoms with E-state index < -0.39 is 13.8 Å². The molecule has 0 heterocycles. The van der Waals surface area contributed by atoms with Crippen molar-refractivity contribution in [2.45, 2.75) is 54.4 Å². The Balaban J connectivity index is 3.12. The molecule has 0 saturated heterocycles. The van der Waals surface area contributed by atoms with Crippen LogP contribution in [0.5, 0.6) is 0 Å². The highest BCUT2D eigenvalue weighted by Crippen LogP contribution is 2.31. The third-order valence-electron chi connectivity index (χ3n) is 3.12. The van der Waals surface area contributed by atoms with Crippen LogP contribution < -0.4 is 10.4 Å². The van der Waals surface area contributed by atoms with Gasteiger partial charge in [0.25, 0.3) is 0 Å². The quantitative estimate of drug-likeness (QED) is 0.611. The van der Waals surface area contributed by atoms with Crippen molar-refractivity contribution >= 4 is 19.5 Å². The normalized spacial score (nSPS) is 12.8. The standard InChI is InChI=1S/C17H29N2O4P/c1-16(2,3)10-12-7-8-13(11-17(4,5)6)14(9-12)18-15(20)19-24(21,22)23/h7-9H,10-11H2,1-6H3,(H4,18,19,20,21,22,23). The number of amides is 2. The number of urea groups is 1. The molecule has 0 aliphatic rings. The van der Waals surface area contributed by atoms with Gasteiger partial charge >= 0.3 is 13.8 Å². The Labute approximate surface area is 144 Å². The topological polar surface area (TPSA) is 98.7 Å². The fourth-order valence-electron chi connectivity index (χ4n) is 2.47. The first kappa shape index (κ1) is 20.7. The van der Waals surface area contributed by atoms with Crippen LogP contribution in [0.25, 0.3) is 0 Å². The van der Waals surface area contributed by atoms with Gasteiger partial charge in [-0.25, -0.2) is 14.4 Å². The fourth-order valence-corrected chi connectivity index (χ4v) is 2.79. The number of anilines is 1. The van der Waals surface area contributed by atoms with Crippen LogP contribution in [0, 0.1) is 10.8 Å². The van der Waals surface area contributed by atoms with Gasteiger partial charge in [-0.1, -0.05) is 53.7 Å². The Morgan fingerprint density at radius 1 is 1.04 bits per heavy atom. The Morgan fingerprint density at radius 2 is 1.58 bits per heavy atom. The van der Waals surface area contributed by atoms with Crippen LogP contribution in [-0.4, -0.2) is 15.8 Å². The maximum Gasteiger partial charge on any atom is 0.431 e. The smallest absolute Gasteiger partial charge is 0.308 e. The van der Waals surface area contributed by atoms with Crippen molar-refractivity contribution in [3.8, 4) is 0 Å². The molecule has 0 aromatic heterocycles. The van der Waals surface area contributed by atoms with Gasteiger partial charge in [0.1, 0.15) is 0 Å². The van der Waals surface area contributed by atoms with Gasteiger partial charge in [0.2, 0.25) is 0 Å². The highest BCUT2D eigenvalue weighted by atomic mass is 31.2. The summed E-state index contributed by atoms with van der Waals surface area (Å²) in [5.74, 6) is 0. The zero-order chi connectivity index (χ0) is 18.8. The largest absolute Gasteiger partial charge is 0.431 e. The molecule has 1 rings (SSSR count). The number of nitrogens with one attached hydrogen (secondary N) is 2. The molecule has 0 aliphatic carbocycles. The summed E-state index contributed by atoms with van der Waals surface area (Å²) in [6, 6.07) is 4.98. The van der Waals surface area contributed by atoms with E-state index in [0.29, 0.717) is 5.69 Å². The van der Waals surface area contributed by atoms with Crippen molar-refractivity contribution in [1.29, 1.82) is 0 Å². The average Bonchev–Trinajstić information content (AvgIpc) is 2.26. The molecule has 136 valence electrons. The lowest BCUT2D eigenvalue weighted by molar-refractivity contribution is 0.253. The first-order valence-electron chi connectivity index (χ1n) is 7.91. The molecule has 0 atom stereocenters. The minimum absolute atomic E-state index is 0.0156. The van der Waals surface area contributed by atoms with Crippen molar-refractivity contribution in [1.82, 2.24) is 5.09 Å². The number of benzene rings is 1. The molecule has 1 aromatic carbocycles. The van der Waals surface area contributed by atoms with Crippen LogP contribution >= 0.6 is 7.75 Å². The monoisotopic (exact) mass is 356 g/mol. The molecule has 0 spiro atoms. The molecule has 0 fully saturated rings. The van der Waals surface area contributed by atoms with Crippen LogP contribution in [-0.2, 0) is 17.4 Å². The van der Waals surface area contributed by atoms with Crippen LogP contribution in [0.1, 0.15) is 52.7 Å². The van der Waals surface area contributed by atoms with Crippen LogP contribution in [0.4, 0.5) is 10.5 Å². The second-order valence-corrected chi connectivity index (χ2v) is 9.89. The molecule has 0 bridgehead atoms. The molecule has 1 aromatic rings. The van der Waals surface area contributed by atoms with E-state index in [4.69, 9.17) is 9.79 Å². The van der Waals surface area contributed by atoms with E-state index in [1.807, 2.05) is 18.2 Å². The average molecular weight is 356 g/mol. The predicted octanol–water partition coefficient (Wildman–Crippen LogP) is 4.08. The lowest BCUT2D eigenvalue weighted by atomic mass is 9.84. The summed E-state index contributed by atoms with van der Waals surface area (Å²) < 4.78 is 10.9. The number of hydrogen-bond donors (Lipinski definition) is 4. The van der Waals surface area contributed by atoms with E-state index in [-0.39, 0.29) is 10.8 Å². The lowest BCUT2D eigenvalue weighted by Gasteiger charge is -2.23. The van der Waals surface area contributed by atoms with Gasteiger partial charge < -0.3 is 15.1 Å². The Hall–Kier alpha value is -1.36. The second-order valence-electron chi connectivity index (χ2n) is 8.58. The van der Waals surface area contributed by atoms with Crippen molar-refractivity contribution in [2.24, 2.45) is 10.8 Å². The number of carbonyl (C=O) groups excluding carboxylic acids is 1. The molecule has 0 saturated carbocycles. The molecule has 4 N–H and O–H groups in total. The number of carbonyl (C=O) groups is 1. The van der Waals surface area contributed by atoms with E-state index in [1.165, 1.54) is 0 Å². The minimum atomic E-state index is -4.62. The predicted molar refractivity (Wildman–Crippen MR) is 97.0 cm³/mol. The molecular weight excluding hydrogens is 327 g/mol. The van der Waals surface area contributed by atoms with Crippen LogP contribution in [0.15, 0.2) is 18.2 Å². The molecule has 0 unspecified atom stereocenters. The molecule has 0 radical (unpaired) electrons. The van der Waals surface area contributed by atoms with E-state index in [0.717, 1.165) is 24.0 Å². The SMILES string of the molecule is CC(C)(C)Cc1ccc(CC(C)(C)C)c(NC(=O)NP(=O)(O)O)c1. The molecule has 7 heteroatoms. The van der Waals surface area contributed by atoms with Crippen molar-refractivity contribution < 1.29 is 19.1 Å². The summed E-state index contributed by atoms with van der Waals surface area (Å²) in [6.07, 6.45) is 1.56. The van der Waals surface area contributed by atoms with Crippen LogP contribution in [0.2, 0.25) is 0 Å². The van der Waals surface area contributed by atoms with Gasteiger partial charge in [-0.05, 0) is 40.9 Å². The summed E-state index contributed by atoms with van der Waals surface area (Å²) in [7, 11) is -4.62. The van der Waals surface area contributed by atoms with Gasteiger partial charge in [-0.3, -0.25) is 0 Å². The summed E-state index contributed by atoms with van der Waals surface area (Å²) in [5, 5.41) is 4.22. The van der Waals surface area contributed by atoms with E-state index in [2.05, 4.69) is 46.9 Å². The second kappa shape index (κ2) is 7.26. The first-order chi connectivity index (χ1) is 10.6. The van der Waals surface area contributed by atoms with Crippen LogP contribution in [0.3, 0.4) is 0 Å². The molecule has 0 aliphatic heterocycles. The highest BCUT2D eigenvalue weighted by Gasteiger charge is 2.20. The van der Waals surface area contributed by atoms with Crippen molar-refractivity contribution in [3.63, 3.8) is 0 Å². The molecule has 24 heavy (non-hydrogen) atoms. The summed E-state index contributed by atoms with van der Waals surface area (Å²) in [5.41, 5.74) is 2.68. The Bertz CT molecular complexity index is 639. The van der Waals surface area contributed by atoms with Gasteiger partial charge in [0.05, 0.1) is 0 Å². The molecular formula is C17H29N2O4P. The maximum atomic E-state index is 11.8. The summed E-state index contributed by atoms with van der Waals surface area (Å²) >= 11 is 0. The van der Waals surface area contributed by atoms with Crippen molar-refractivity contribution in [3.05, 3.63) is 29.3 Å².